The van der Waals surface area contributed by atoms with Crippen molar-refractivity contribution in [3.63, 3.8) is 0 Å². The van der Waals surface area contributed by atoms with E-state index < -0.39 is 0 Å². The zero-order valence-electron chi connectivity index (χ0n) is 10.5. The van der Waals surface area contributed by atoms with Crippen molar-refractivity contribution >= 4 is 0 Å². The molecule has 5 nitrogen and oxygen atoms in total. The fraction of sp³-hybridized carbons (Fsp3) is 0.833. The van der Waals surface area contributed by atoms with Crippen LogP contribution in [-0.4, -0.2) is 26.7 Å². The van der Waals surface area contributed by atoms with Crippen molar-refractivity contribution in [3.05, 3.63) is 11.4 Å². The minimum absolute atomic E-state index is 0.237. The molecule has 1 heterocycles. The van der Waals surface area contributed by atoms with Crippen LogP contribution in [0, 0.1) is 5.92 Å². The summed E-state index contributed by atoms with van der Waals surface area (Å²) in [6.45, 7) is 2.83. The summed E-state index contributed by atoms with van der Waals surface area (Å²) in [5.41, 5.74) is 7.85. The molecule has 0 bridgehead atoms. The first-order valence-electron chi connectivity index (χ1n) is 6.50. The summed E-state index contributed by atoms with van der Waals surface area (Å²) in [4.78, 5) is 0. The Balaban J connectivity index is 2.10. The molecule has 1 aliphatic carbocycles. The van der Waals surface area contributed by atoms with E-state index in [-0.39, 0.29) is 6.61 Å². The molecule has 0 radical (unpaired) electrons. The third-order valence-corrected chi connectivity index (χ3v) is 3.44. The first-order valence-corrected chi connectivity index (χ1v) is 6.50. The molecular weight excluding hydrogens is 216 g/mol. The zero-order chi connectivity index (χ0) is 12.3. The van der Waals surface area contributed by atoms with Gasteiger partial charge in [-0.05, 0) is 44.9 Å². The zero-order valence-corrected chi connectivity index (χ0v) is 10.5. The number of aromatic nitrogens is 3. The fourth-order valence-corrected chi connectivity index (χ4v) is 2.17. The first-order chi connectivity index (χ1) is 8.26. The minimum Gasteiger partial charge on any atom is -0.396 e. The van der Waals surface area contributed by atoms with E-state index in [4.69, 9.17) is 10.8 Å². The molecular formula is C12H22N4O. The van der Waals surface area contributed by atoms with Crippen molar-refractivity contribution < 1.29 is 5.11 Å². The topological polar surface area (TPSA) is 77.0 Å². The van der Waals surface area contributed by atoms with Crippen molar-refractivity contribution in [2.75, 3.05) is 6.61 Å². The molecule has 1 atom stereocenters. The number of aliphatic hydroxyl groups excluding tert-OH is 1. The van der Waals surface area contributed by atoms with Crippen LogP contribution >= 0.6 is 0 Å². The molecule has 1 saturated carbocycles. The maximum absolute atomic E-state index is 8.87. The van der Waals surface area contributed by atoms with E-state index in [0.29, 0.717) is 12.6 Å². The lowest BCUT2D eigenvalue weighted by molar-refractivity contribution is 0.269. The monoisotopic (exact) mass is 238 g/mol. The third-order valence-electron chi connectivity index (χ3n) is 3.44. The van der Waals surface area contributed by atoms with Gasteiger partial charge >= 0.3 is 0 Å². The number of rotatable bonds is 7. The normalized spacial score (nSPS) is 17.4. The predicted molar refractivity (Wildman–Crippen MR) is 65.4 cm³/mol. The Morgan fingerprint density at radius 1 is 1.53 bits per heavy atom. The van der Waals surface area contributed by atoms with Crippen LogP contribution in [0.25, 0.3) is 0 Å². The van der Waals surface area contributed by atoms with Gasteiger partial charge in [0.05, 0.1) is 17.4 Å². The Labute approximate surface area is 102 Å². The third kappa shape index (κ3) is 3.04. The van der Waals surface area contributed by atoms with Gasteiger partial charge in [-0.3, -0.25) is 0 Å². The molecule has 96 valence electrons. The Hall–Kier alpha value is -0.940. The van der Waals surface area contributed by atoms with Crippen LogP contribution in [0.3, 0.4) is 0 Å². The molecule has 1 aromatic rings. The summed E-state index contributed by atoms with van der Waals surface area (Å²) >= 11 is 0. The Bertz CT molecular complexity index is 359. The van der Waals surface area contributed by atoms with Crippen LogP contribution in [0.5, 0.6) is 0 Å². The van der Waals surface area contributed by atoms with Crippen LogP contribution in [-0.2, 0) is 13.0 Å². The second-order valence-electron chi connectivity index (χ2n) is 4.99. The minimum atomic E-state index is 0.237. The van der Waals surface area contributed by atoms with Crippen molar-refractivity contribution in [1.82, 2.24) is 15.0 Å². The fourth-order valence-electron chi connectivity index (χ4n) is 2.17. The van der Waals surface area contributed by atoms with Gasteiger partial charge in [-0.15, -0.1) is 5.10 Å². The molecule has 3 N–H and O–H groups in total. The second kappa shape index (κ2) is 5.60. The quantitative estimate of drug-likeness (QED) is 0.743. The Morgan fingerprint density at radius 3 is 2.88 bits per heavy atom. The predicted octanol–water partition coefficient (Wildman–Crippen LogP) is 1.02. The number of nitrogens with two attached hydrogens (primary N) is 1. The highest BCUT2D eigenvalue weighted by Crippen LogP contribution is 2.33. The summed E-state index contributed by atoms with van der Waals surface area (Å²) in [5.74, 6) is 0.808. The molecule has 0 aliphatic heterocycles. The average molecular weight is 238 g/mol. The van der Waals surface area contributed by atoms with Gasteiger partial charge in [-0.25, -0.2) is 4.68 Å². The lowest BCUT2D eigenvalue weighted by atomic mass is 10.1. The number of nitrogens with zero attached hydrogens (tertiary/aromatic N) is 3. The van der Waals surface area contributed by atoms with Gasteiger partial charge in [0, 0.05) is 13.2 Å². The van der Waals surface area contributed by atoms with E-state index in [1.165, 1.54) is 18.5 Å². The molecule has 17 heavy (non-hydrogen) atoms. The molecule has 1 unspecified atom stereocenters. The number of hydrogen-bond donors (Lipinski definition) is 2. The van der Waals surface area contributed by atoms with E-state index in [1.807, 2.05) is 4.68 Å². The molecule has 0 saturated heterocycles. The summed E-state index contributed by atoms with van der Waals surface area (Å²) in [5, 5.41) is 17.3. The molecule has 1 aromatic heterocycles. The highest BCUT2D eigenvalue weighted by Gasteiger charge is 2.26. The van der Waals surface area contributed by atoms with Crippen LogP contribution < -0.4 is 5.73 Å². The SMILES string of the molecule is CC(CCCO)n1nnc(CN)c1CC1CC1. The Morgan fingerprint density at radius 2 is 2.29 bits per heavy atom. The van der Waals surface area contributed by atoms with Crippen molar-refractivity contribution in [2.24, 2.45) is 11.7 Å². The largest absolute Gasteiger partial charge is 0.396 e. The molecule has 0 aromatic carbocycles. The molecule has 2 rings (SSSR count). The van der Waals surface area contributed by atoms with Gasteiger partial charge in [0.25, 0.3) is 0 Å². The van der Waals surface area contributed by atoms with Gasteiger partial charge < -0.3 is 10.8 Å². The van der Waals surface area contributed by atoms with E-state index in [0.717, 1.165) is 30.9 Å². The maximum Gasteiger partial charge on any atom is 0.0994 e. The van der Waals surface area contributed by atoms with Crippen LogP contribution in [0.15, 0.2) is 0 Å². The van der Waals surface area contributed by atoms with Crippen LogP contribution in [0.1, 0.15) is 50.0 Å². The van der Waals surface area contributed by atoms with Gasteiger partial charge in [0.15, 0.2) is 0 Å². The summed E-state index contributed by atoms with van der Waals surface area (Å²) < 4.78 is 2.01. The van der Waals surface area contributed by atoms with Crippen molar-refractivity contribution in [2.45, 2.75) is 51.6 Å². The summed E-state index contributed by atoms with van der Waals surface area (Å²) in [6.07, 6.45) is 5.44. The standard InChI is InChI=1S/C12H22N4O/c1-9(3-2-6-17)16-12(7-10-4-5-10)11(8-13)14-15-16/h9-10,17H,2-8,13H2,1H3. The number of hydrogen-bond acceptors (Lipinski definition) is 4. The van der Waals surface area contributed by atoms with Gasteiger partial charge in [-0.2, -0.15) is 0 Å². The van der Waals surface area contributed by atoms with Crippen LogP contribution in [0.4, 0.5) is 0 Å². The molecule has 1 aliphatic rings. The summed E-state index contributed by atoms with van der Waals surface area (Å²) in [7, 11) is 0. The molecule has 0 spiro atoms. The van der Waals surface area contributed by atoms with E-state index in [2.05, 4.69) is 17.2 Å². The van der Waals surface area contributed by atoms with Gasteiger partial charge in [-0.1, -0.05) is 5.21 Å². The van der Waals surface area contributed by atoms with Crippen LogP contribution in [0.2, 0.25) is 0 Å². The average Bonchev–Trinajstić information content (AvgIpc) is 3.05. The van der Waals surface area contributed by atoms with E-state index in [1.54, 1.807) is 0 Å². The lowest BCUT2D eigenvalue weighted by Gasteiger charge is -2.14. The highest BCUT2D eigenvalue weighted by atomic mass is 16.2. The Kier molecular flexibility index (Phi) is 4.12. The highest BCUT2D eigenvalue weighted by molar-refractivity contribution is 5.12. The number of aliphatic hydroxyl groups is 1. The van der Waals surface area contributed by atoms with Gasteiger partial charge in [0.1, 0.15) is 0 Å². The van der Waals surface area contributed by atoms with E-state index >= 15 is 0 Å². The molecule has 0 amide bonds. The van der Waals surface area contributed by atoms with Crippen molar-refractivity contribution in [1.29, 1.82) is 0 Å². The second-order valence-corrected chi connectivity index (χ2v) is 4.99. The first kappa shape index (κ1) is 12.5. The molecule has 1 fully saturated rings. The lowest BCUT2D eigenvalue weighted by Crippen LogP contribution is -2.13. The molecule has 5 heteroatoms. The maximum atomic E-state index is 8.87. The van der Waals surface area contributed by atoms with E-state index in [9.17, 15) is 0 Å². The van der Waals surface area contributed by atoms with Gasteiger partial charge in [0.2, 0.25) is 0 Å². The van der Waals surface area contributed by atoms with Crippen molar-refractivity contribution in [3.8, 4) is 0 Å². The smallest absolute Gasteiger partial charge is 0.0994 e. The summed E-state index contributed by atoms with van der Waals surface area (Å²) in [6, 6.07) is 0.295.